The average Bonchev–Trinajstić information content (AvgIpc) is 2.93. The number of hydrogen-bond donors (Lipinski definition) is 1. The Morgan fingerprint density at radius 2 is 1.12 bits per heavy atom. The Morgan fingerprint density at radius 3 is 1.55 bits per heavy atom. The molecule has 0 aromatic heterocycles. The highest BCUT2D eigenvalue weighted by molar-refractivity contribution is 5.91. The fourth-order valence-corrected chi connectivity index (χ4v) is 5.99. The van der Waals surface area contributed by atoms with Crippen molar-refractivity contribution in [3.05, 3.63) is 58.7 Å². The van der Waals surface area contributed by atoms with E-state index in [-0.39, 0.29) is 16.8 Å². The molecule has 3 heteroatoms. The summed E-state index contributed by atoms with van der Waals surface area (Å²) in [6.07, 6.45) is 22.2. The number of carbonyl (C=O) groups excluding carboxylic acids is 1. The van der Waals surface area contributed by atoms with Gasteiger partial charge in [0.2, 0.25) is 0 Å². The van der Waals surface area contributed by atoms with Crippen LogP contribution in [0.15, 0.2) is 36.4 Å². The fourth-order valence-electron chi connectivity index (χ4n) is 5.99. The van der Waals surface area contributed by atoms with E-state index in [2.05, 4.69) is 48.5 Å². The van der Waals surface area contributed by atoms with Gasteiger partial charge in [0.15, 0.2) is 0 Å². The quantitative estimate of drug-likeness (QED) is 0.102. The second kappa shape index (κ2) is 18.4. The number of phenols is 1. The van der Waals surface area contributed by atoms with Crippen LogP contribution in [0.2, 0.25) is 0 Å². The molecule has 0 saturated carbocycles. The Balaban J connectivity index is 1.92. The van der Waals surface area contributed by atoms with Crippen LogP contribution in [0.4, 0.5) is 0 Å². The van der Waals surface area contributed by atoms with Crippen molar-refractivity contribution < 1.29 is 14.6 Å². The molecule has 0 bridgehead atoms. The van der Waals surface area contributed by atoms with Gasteiger partial charge >= 0.3 is 5.97 Å². The molecule has 0 aliphatic heterocycles. The van der Waals surface area contributed by atoms with E-state index >= 15 is 0 Å². The molecule has 2 rings (SSSR count). The minimum absolute atomic E-state index is 0.287. The molecular formula is C39H62O3. The Bertz CT molecular complexity index is 1040. The monoisotopic (exact) mass is 578 g/mol. The summed E-state index contributed by atoms with van der Waals surface area (Å²) >= 11 is 0. The van der Waals surface area contributed by atoms with E-state index in [9.17, 15) is 9.90 Å². The van der Waals surface area contributed by atoms with Crippen molar-refractivity contribution in [3.63, 3.8) is 0 Å². The number of hydrogen-bond acceptors (Lipinski definition) is 3. The Labute approximate surface area is 258 Å². The molecule has 0 radical (unpaired) electrons. The molecule has 0 aliphatic rings. The Hall–Kier alpha value is -2.29. The molecule has 0 atom stereocenters. The van der Waals surface area contributed by atoms with Gasteiger partial charge in [-0.1, -0.05) is 163 Å². The Morgan fingerprint density at radius 1 is 0.667 bits per heavy atom. The summed E-state index contributed by atoms with van der Waals surface area (Å²) in [5.74, 6) is 0.590. The van der Waals surface area contributed by atoms with E-state index in [0.717, 1.165) is 36.0 Å². The van der Waals surface area contributed by atoms with Crippen molar-refractivity contribution in [1.29, 1.82) is 0 Å². The maximum absolute atomic E-state index is 13.1. The zero-order valence-corrected chi connectivity index (χ0v) is 28.2. The van der Waals surface area contributed by atoms with Gasteiger partial charge in [-0.25, -0.2) is 4.79 Å². The fraction of sp³-hybridized carbons (Fsp3) is 0.667. The first-order valence-electron chi connectivity index (χ1n) is 17.1. The van der Waals surface area contributed by atoms with Gasteiger partial charge in [-0.2, -0.15) is 0 Å². The van der Waals surface area contributed by atoms with Gasteiger partial charge in [-0.15, -0.1) is 0 Å². The molecule has 236 valence electrons. The average molecular weight is 579 g/mol. The van der Waals surface area contributed by atoms with Crippen LogP contribution in [-0.2, 0) is 17.3 Å². The van der Waals surface area contributed by atoms with Crippen LogP contribution in [-0.4, -0.2) is 11.1 Å². The maximum atomic E-state index is 13.1. The third kappa shape index (κ3) is 12.5. The number of ether oxygens (including phenoxy) is 1. The predicted molar refractivity (Wildman–Crippen MR) is 180 cm³/mol. The lowest BCUT2D eigenvalue weighted by atomic mass is 9.76. The highest BCUT2D eigenvalue weighted by Crippen LogP contribution is 2.45. The van der Waals surface area contributed by atoms with Crippen LogP contribution in [0.1, 0.15) is 178 Å². The van der Waals surface area contributed by atoms with Crippen molar-refractivity contribution in [2.45, 2.75) is 168 Å². The van der Waals surface area contributed by atoms with E-state index in [0.29, 0.717) is 17.1 Å². The van der Waals surface area contributed by atoms with Gasteiger partial charge in [0.25, 0.3) is 0 Å². The third-order valence-electron chi connectivity index (χ3n) is 8.42. The van der Waals surface area contributed by atoms with E-state index in [1.807, 2.05) is 24.3 Å². The van der Waals surface area contributed by atoms with Crippen LogP contribution in [0.25, 0.3) is 0 Å². The largest absolute Gasteiger partial charge is 0.507 e. The normalized spacial score (nSPS) is 12.1. The maximum Gasteiger partial charge on any atom is 0.343 e. The molecule has 3 nitrogen and oxygen atoms in total. The first kappa shape index (κ1) is 35.9. The van der Waals surface area contributed by atoms with E-state index in [1.165, 1.54) is 89.9 Å². The topological polar surface area (TPSA) is 46.5 Å². The molecule has 0 fully saturated rings. The summed E-state index contributed by atoms with van der Waals surface area (Å²) in [7, 11) is 0. The van der Waals surface area contributed by atoms with Crippen molar-refractivity contribution >= 4 is 5.97 Å². The summed E-state index contributed by atoms with van der Waals surface area (Å²) in [6, 6.07) is 11.1. The zero-order valence-electron chi connectivity index (χ0n) is 28.2. The molecule has 2 aromatic carbocycles. The zero-order chi connectivity index (χ0) is 31.0. The lowest BCUT2D eigenvalue weighted by Crippen LogP contribution is -2.21. The van der Waals surface area contributed by atoms with E-state index in [1.54, 1.807) is 12.1 Å². The van der Waals surface area contributed by atoms with Gasteiger partial charge in [0.1, 0.15) is 11.5 Å². The highest BCUT2D eigenvalue weighted by Gasteiger charge is 2.31. The molecule has 0 aliphatic carbocycles. The van der Waals surface area contributed by atoms with Crippen molar-refractivity contribution in [2.24, 2.45) is 0 Å². The van der Waals surface area contributed by atoms with Gasteiger partial charge in [0.05, 0.1) is 5.56 Å². The van der Waals surface area contributed by atoms with E-state index in [4.69, 9.17) is 4.74 Å². The number of aromatic hydroxyl groups is 1. The molecule has 1 N–H and O–H groups in total. The Kier molecular flexibility index (Phi) is 15.7. The van der Waals surface area contributed by atoms with Crippen LogP contribution in [0, 0.1) is 0 Å². The number of rotatable bonds is 19. The van der Waals surface area contributed by atoms with E-state index < -0.39 is 0 Å². The lowest BCUT2D eigenvalue weighted by molar-refractivity contribution is 0.0732. The van der Waals surface area contributed by atoms with Crippen LogP contribution < -0.4 is 4.74 Å². The van der Waals surface area contributed by atoms with Crippen molar-refractivity contribution in [2.75, 3.05) is 0 Å². The van der Waals surface area contributed by atoms with Crippen molar-refractivity contribution in [1.82, 2.24) is 0 Å². The molecule has 0 saturated heterocycles. The SMILES string of the molecule is CCCCCCCCCCCCCCCCCCc1c(OC(=O)c2ccccc2)cc(C(C)(C)C)c(O)c1C(C)(C)C. The summed E-state index contributed by atoms with van der Waals surface area (Å²) < 4.78 is 6.09. The van der Waals surface area contributed by atoms with Crippen LogP contribution in [0.5, 0.6) is 11.5 Å². The number of phenolic OH excluding ortho intramolecular Hbond substituents is 1. The molecule has 0 amide bonds. The number of carbonyl (C=O) groups is 1. The molecule has 2 aromatic rings. The van der Waals surface area contributed by atoms with Crippen LogP contribution in [0.3, 0.4) is 0 Å². The second-order valence-corrected chi connectivity index (χ2v) is 14.4. The molecule has 0 unspecified atom stereocenters. The van der Waals surface area contributed by atoms with Gasteiger partial charge in [-0.05, 0) is 41.9 Å². The first-order chi connectivity index (χ1) is 20.0. The van der Waals surface area contributed by atoms with Crippen molar-refractivity contribution in [3.8, 4) is 11.5 Å². The lowest BCUT2D eigenvalue weighted by Gasteiger charge is -2.31. The van der Waals surface area contributed by atoms with Gasteiger partial charge in [0, 0.05) is 16.7 Å². The number of benzene rings is 2. The smallest absolute Gasteiger partial charge is 0.343 e. The predicted octanol–water partition coefficient (Wildman–Crippen LogP) is 12.0. The summed E-state index contributed by atoms with van der Waals surface area (Å²) in [6.45, 7) is 15.0. The van der Waals surface area contributed by atoms with Crippen LogP contribution >= 0.6 is 0 Å². The minimum atomic E-state index is -0.353. The summed E-state index contributed by atoms with van der Waals surface area (Å²) in [5, 5.41) is 11.5. The first-order valence-corrected chi connectivity index (χ1v) is 17.1. The second-order valence-electron chi connectivity index (χ2n) is 14.4. The number of esters is 1. The molecule has 42 heavy (non-hydrogen) atoms. The van der Waals surface area contributed by atoms with Gasteiger partial charge in [-0.3, -0.25) is 0 Å². The molecule has 0 heterocycles. The summed E-state index contributed by atoms with van der Waals surface area (Å²) in [4.78, 5) is 13.1. The minimum Gasteiger partial charge on any atom is -0.507 e. The molecule has 0 spiro atoms. The molecular weight excluding hydrogens is 516 g/mol. The highest BCUT2D eigenvalue weighted by atomic mass is 16.5. The standard InChI is InChI=1S/C39H62O3/c1-8-9-10-11-12-13-14-15-16-17-18-19-20-21-22-26-29-32-34(42-37(41)31-27-24-23-25-28-31)30-33(38(2,3)4)36(40)35(32)39(5,6)7/h23-25,27-28,30,40H,8-22,26,29H2,1-7H3. The third-order valence-corrected chi connectivity index (χ3v) is 8.42. The number of unbranched alkanes of at least 4 members (excludes halogenated alkanes) is 15. The summed E-state index contributed by atoms with van der Waals surface area (Å²) in [5.41, 5.74) is 2.66. The van der Waals surface area contributed by atoms with Gasteiger partial charge < -0.3 is 9.84 Å².